The van der Waals surface area contributed by atoms with E-state index in [4.69, 9.17) is 9.47 Å². The molecule has 26 heavy (non-hydrogen) atoms. The Balaban J connectivity index is 1.60. The minimum absolute atomic E-state index is 0.0792. The minimum Gasteiger partial charge on any atom is -0.492 e. The van der Waals surface area contributed by atoms with Crippen LogP contribution in [0.25, 0.3) is 0 Å². The molecule has 2 rings (SSSR count). The van der Waals surface area contributed by atoms with E-state index in [1.54, 1.807) is 4.90 Å². The second-order valence-electron chi connectivity index (χ2n) is 5.71. The van der Waals surface area contributed by atoms with E-state index in [0.717, 1.165) is 12.1 Å². The van der Waals surface area contributed by atoms with E-state index < -0.39 is 11.7 Å². The number of nitrogens with one attached hydrogen (secondary N) is 1. The van der Waals surface area contributed by atoms with Crippen LogP contribution in [-0.2, 0) is 20.5 Å². The number of ether oxygens (including phenoxy) is 2. The lowest BCUT2D eigenvalue weighted by molar-refractivity contribution is -0.137. The van der Waals surface area contributed by atoms with E-state index in [0.29, 0.717) is 26.3 Å². The number of halogens is 3. The van der Waals surface area contributed by atoms with Crippen LogP contribution < -0.4 is 10.1 Å². The van der Waals surface area contributed by atoms with Gasteiger partial charge in [0, 0.05) is 25.9 Å². The molecular weight excluding hydrogens is 353 g/mol. The molecule has 6 nitrogen and oxygen atoms in total. The Morgan fingerprint density at radius 3 is 2.38 bits per heavy atom. The summed E-state index contributed by atoms with van der Waals surface area (Å²) in [5.41, 5.74) is -0.747. The van der Waals surface area contributed by atoms with Crippen molar-refractivity contribution < 1.29 is 32.2 Å². The molecule has 0 bridgehead atoms. The van der Waals surface area contributed by atoms with Crippen molar-refractivity contribution in [3.8, 4) is 5.75 Å². The number of alkyl halides is 3. The molecule has 0 saturated carbocycles. The summed E-state index contributed by atoms with van der Waals surface area (Å²) >= 11 is 0. The number of amides is 2. The van der Waals surface area contributed by atoms with E-state index in [-0.39, 0.29) is 43.6 Å². The predicted molar refractivity (Wildman–Crippen MR) is 86.6 cm³/mol. The molecule has 0 aliphatic carbocycles. The van der Waals surface area contributed by atoms with Crippen molar-refractivity contribution in [2.45, 2.75) is 19.0 Å². The SMILES string of the molecule is O=C(CCC(=O)N1CCOCC1)NCCOc1ccc(C(F)(F)F)cc1. The zero-order valence-corrected chi connectivity index (χ0v) is 14.2. The molecule has 144 valence electrons. The fourth-order valence-corrected chi connectivity index (χ4v) is 2.38. The summed E-state index contributed by atoms with van der Waals surface area (Å²) in [6.07, 6.45) is -4.17. The highest BCUT2D eigenvalue weighted by atomic mass is 19.4. The first-order chi connectivity index (χ1) is 12.4. The van der Waals surface area contributed by atoms with Crippen LogP contribution in [0.15, 0.2) is 24.3 Å². The molecule has 1 fully saturated rings. The molecular formula is C17H21F3N2O4. The monoisotopic (exact) mass is 374 g/mol. The fraction of sp³-hybridized carbons (Fsp3) is 0.529. The van der Waals surface area contributed by atoms with Crippen LogP contribution in [0.5, 0.6) is 5.75 Å². The van der Waals surface area contributed by atoms with E-state index in [1.165, 1.54) is 12.1 Å². The van der Waals surface area contributed by atoms with E-state index in [9.17, 15) is 22.8 Å². The molecule has 9 heteroatoms. The summed E-state index contributed by atoms with van der Waals surface area (Å²) in [6.45, 7) is 2.43. The molecule has 2 amide bonds. The number of hydrogen-bond acceptors (Lipinski definition) is 4. The van der Waals surface area contributed by atoms with E-state index >= 15 is 0 Å². The number of nitrogens with zero attached hydrogens (tertiary/aromatic N) is 1. The number of hydrogen-bond donors (Lipinski definition) is 1. The molecule has 0 atom stereocenters. The quantitative estimate of drug-likeness (QED) is 0.740. The average molecular weight is 374 g/mol. The number of carbonyl (C=O) groups excluding carboxylic acids is 2. The van der Waals surface area contributed by atoms with Crippen LogP contribution >= 0.6 is 0 Å². The summed E-state index contributed by atoms with van der Waals surface area (Å²) in [4.78, 5) is 25.3. The Bertz CT molecular complexity index is 599. The highest BCUT2D eigenvalue weighted by Crippen LogP contribution is 2.30. The van der Waals surface area contributed by atoms with Gasteiger partial charge in [0.25, 0.3) is 0 Å². The topological polar surface area (TPSA) is 67.9 Å². The number of morpholine rings is 1. The standard InChI is InChI=1S/C17H21F3N2O4/c18-17(19,20)13-1-3-14(4-2-13)26-10-7-21-15(23)5-6-16(24)22-8-11-25-12-9-22/h1-4H,5-12H2,(H,21,23). The van der Waals surface area contributed by atoms with Crippen molar-refractivity contribution in [1.29, 1.82) is 0 Å². The van der Waals surface area contributed by atoms with Crippen LogP contribution in [-0.4, -0.2) is 56.2 Å². The Hall–Kier alpha value is -2.29. The maximum absolute atomic E-state index is 12.4. The Morgan fingerprint density at radius 2 is 1.77 bits per heavy atom. The molecule has 1 heterocycles. The molecule has 1 aliphatic rings. The minimum atomic E-state index is -4.38. The third-order valence-electron chi connectivity index (χ3n) is 3.80. The number of rotatable bonds is 7. The summed E-state index contributed by atoms with van der Waals surface area (Å²) < 4.78 is 47.8. The molecule has 1 aliphatic heterocycles. The van der Waals surface area contributed by atoms with Crippen LogP contribution in [0.2, 0.25) is 0 Å². The van der Waals surface area contributed by atoms with Crippen molar-refractivity contribution in [1.82, 2.24) is 10.2 Å². The van der Waals surface area contributed by atoms with Crippen molar-refractivity contribution in [2.24, 2.45) is 0 Å². The molecule has 0 unspecified atom stereocenters. The first-order valence-corrected chi connectivity index (χ1v) is 8.28. The lowest BCUT2D eigenvalue weighted by Crippen LogP contribution is -2.41. The second kappa shape index (κ2) is 9.42. The second-order valence-corrected chi connectivity index (χ2v) is 5.71. The lowest BCUT2D eigenvalue weighted by atomic mass is 10.2. The van der Waals surface area contributed by atoms with Gasteiger partial charge in [-0.05, 0) is 24.3 Å². The summed E-state index contributed by atoms with van der Waals surface area (Å²) in [5.74, 6) is -0.0678. The van der Waals surface area contributed by atoms with Gasteiger partial charge in [-0.25, -0.2) is 0 Å². The Labute approximate surface area is 149 Å². The van der Waals surface area contributed by atoms with Gasteiger partial charge in [-0.3, -0.25) is 9.59 Å². The summed E-state index contributed by atoms with van der Waals surface area (Å²) in [7, 11) is 0. The number of benzene rings is 1. The normalized spacial score (nSPS) is 14.8. The lowest BCUT2D eigenvalue weighted by Gasteiger charge is -2.26. The van der Waals surface area contributed by atoms with Crippen molar-refractivity contribution >= 4 is 11.8 Å². The van der Waals surface area contributed by atoms with Gasteiger partial charge in [0.15, 0.2) is 0 Å². The van der Waals surface area contributed by atoms with Gasteiger partial charge in [0.1, 0.15) is 12.4 Å². The largest absolute Gasteiger partial charge is 0.492 e. The van der Waals surface area contributed by atoms with E-state index in [2.05, 4.69) is 5.32 Å². The van der Waals surface area contributed by atoms with E-state index in [1.807, 2.05) is 0 Å². The van der Waals surface area contributed by atoms with Gasteiger partial charge in [-0.1, -0.05) is 0 Å². The van der Waals surface area contributed by atoms with Crippen molar-refractivity contribution in [3.63, 3.8) is 0 Å². The zero-order chi connectivity index (χ0) is 19.0. The van der Waals surface area contributed by atoms with Gasteiger partial charge >= 0.3 is 6.18 Å². The van der Waals surface area contributed by atoms with Gasteiger partial charge < -0.3 is 19.7 Å². The molecule has 0 radical (unpaired) electrons. The molecule has 1 N–H and O–H groups in total. The summed E-state index contributed by atoms with van der Waals surface area (Å²) in [5, 5.41) is 2.61. The van der Waals surface area contributed by atoms with Crippen molar-refractivity contribution in [2.75, 3.05) is 39.5 Å². The highest BCUT2D eigenvalue weighted by molar-refractivity contribution is 5.83. The number of carbonyl (C=O) groups is 2. The van der Waals surface area contributed by atoms with Gasteiger partial charge in [0.05, 0.1) is 25.3 Å². The third-order valence-corrected chi connectivity index (χ3v) is 3.80. The van der Waals surface area contributed by atoms with Crippen LogP contribution in [0.3, 0.4) is 0 Å². The van der Waals surface area contributed by atoms with Gasteiger partial charge in [-0.15, -0.1) is 0 Å². The molecule has 1 saturated heterocycles. The average Bonchev–Trinajstić information content (AvgIpc) is 2.63. The fourth-order valence-electron chi connectivity index (χ4n) is 2.38. The zero-order valence-electron chi connectivity index (χ0n) is 14.2. The Morgan fingerprint density at radius 1 is 1.12 bits per heavy atom. The van der Waals surface area contributed by atoms with Crippen LogP contribution in [0, 0.1) is 0 Å². The first-order valence-electron chi connectivity index (χ1n) is 8.28. The first kappa shape index (κ1) is 20.0. The maximum Gasteiger partial charge on any atom is 0.416 e. The van der Waals surface area contributed by atoms with Gasteiger partial charge in [0.2, 0.25) is 11.8 Å². The molecule has 1 aromatic rings. The van der Waals surface area contributed by atoms with Crippen molar-refractivity contribution in [3.05, 3.63) is 29.8 Å². The van der Waals surface area contributed by atoms with Crippen LogP contribution in [0.1, 0.15) is 18.4 Å². The predicted octanol–water partition coefficient (Wildman–Crippen LogP) is 1.84. The summed E-state index contributed by atoms with van der Waals surface area (Å²) in [6, 6.07) is 4.33. The molecule has 0 spiro atoms. The third kappa shape index (κ3) is 6.55. The molecule has 0 aromatic heterocycles. The highest BCUT2D eigenvalue weighted by Gasteiger charge is 2.30. The van der Waals surface area contributed by atoms with Crippen LogP contribution in [0.4, 0.5) is 13.2 Å². The molecule has 1 aromatic carbocycles. The maximum atomic E-state index is 12.4. The smallest absolute Gasteiger partial charge is 0.416 e. The Kier molecular flexibility index (Phi) is 7.26. The van der Waals surface area contributed by atoms with Gasteiger partial charge in [-0.2, -0.15) is 13.2 Å².